The van der Waals surface area contributed by atoms with Crippen molar-refractivity contribution < 1.29 is 27.5 Å². The summed E-state index contributed by atoms with van der Waals surface area (Å²) >= 11 is 0. The number of hydrogen-bond acceptors (Lipinski definition) is 5. The van der Waals surface area contributed by atoms with Gasteiger partial charge < -0.3 is 19.4 Å². The molecule has 0 atom stereocenters. The lowest BCUT2D eigenvalue weighted by atomic mass is 9.94. The first-order valence-electron chi connectivity index (χ1n) is 10.9. The molecule has 180 valence electrons. The molecule has 1 aliphatic rings. The van der Waals surface area contributed by atoms with E-state index in [4.69, 9.17) is 9.72 Å². The van der Waals surface area contributed by atoms with Crippen LogP contribution in [0.2, 0.25) is 0 Å². The van der Waals surface area contributed by atoms with Gasteiger partial charge in [0.25, 0.3) is 5.91 Å². The molecule has 1 fully saturated rings. The Morgan fingerprint density at radius 3 is 2.56 bits per heavy atom. The Labute approximate surface area is 193 Å². The zero-order valence-electron chi connectivity index (χ0n) is 18.7. The normalized spacial score (nSPS) is 14.9. The summed E-state index contributed by atoms with van der Waals surface area (Å²) in [4.78, 5) is 34.2. The van der Waals surface area contributed by atoms with Gasteiger partial charge in [-0.3, -0.25) is 9.59 Å². The number of carbonyl (C=O) groups is 2. The van der Waals surface area contributed by atoms with Crippen molar-refractivity contribution in [2.24, 2.45) is 0 Å². The van der Waals surface area contributed by atoms with Crippen LogP contribution in [-0.4, -0.2) is 50.8 Å². The lowest BCUT2D eigenvalue weighted by Crippen LogP contribution is -2.36. The van der Waals surface area contributed by atoms with Crippen molar-refractivity contribution in [2.75, 3.05) is 25.0 Å². The van der Waals surface area contributed by atoms with Gasteiger partial charge in [-0.05, 0) is 31.9 Å². The van der Waals surface area contributed by atoms with Crippen molar-refractivity contribution in [3.05, 3.63) is 53.7 Å². The number of rotatable bonds is 5. The molecule has 0 radical (unpaired) electrons. The van der Waals surface area contributed by atoms with E-state index >= 15 is 0 Å². The van der Waals surface area contributed by atoms with E-state index in [9.17, 15) is 22.8 Å². The molecule has 34 heavy (non-hydrogen) atoms. The first kappa shape index (κ1) is 23.5. The predicted octanol–water partition coefficient (Wildman–Crippen LogP) is 4.13. The van der Waals surface area contributed by atoms with Gasteiger partial charge in [-0.15, -0.1) is 0 Å². The molecule has 0 aliphatic carbocycles. The molecule has 8 nitrogen and oxygen atoms in total. The Balaban J connectivity index is 1.59. The van der Waals surface area contributed by atoms with Gasteiger partial charge in [-0.25, -0.2) is 9.97 Å². The number of hydrogen-bond donors (Lipinski definition) is 1. The highest BCUT2D eigenvalue weighted by molar-refractivity contribution is 6.03. The number of ether oxygens (including phenoxy) is 1. The monoisotopic (exact) mass is 475 g/mol. The Bertz CT molecular complexity index is 1220. The molecule has 3 aromatic rings. The van der Waals surface area contributed by atoms with E-state index in [2.05, 4.69) is 10.3 Å². The van der Waals surface area contributed by atoms with Crippen LogP contribution in [0.4, 0.5) is 18.9 Å². The zero-order valence-corrected chi connectivity index (χ0v) is 18.7. The van der Waals surface area contributed by atoms with E-state index in [0.29, 0.717) is 31.1 Å². The highest BCUT2D eigenvalue weighted by atomic mass is 19.4. The summed E-state index contributed by atoms with van der Waals surface area (Å²) < 4.78 is 46.3. The number of amides is 2. The molecule has 11 heteroatoms. The molecule has 4 rings (SSSR count). The highest BCUT2D eigenvalue weighted by Gasteiger charge is 2.33. The van der Waals surface area contributed by atoms with Gasteiger partial charge >= 0.3 is 6.18 Å². The van der Waals surface area contributed by atoms with Crippen molar-refractivity contribution in [1.82, 2.24) is 19.3 Å². The van der Waals surface area contributed by atoms with Crippen molar-refractivity contribution in [2.45, 2.75) is 38.8 Å². The van der Waals surface area contributed by atoms with Gasteiger partial charge in [0.1, 0.15) is 28.5 Å². The number of pyridine rings is 2. The molecule has 0 bridgehead atoms. The second kappa shape index (κ2) is 9.32. The van der Waals surface area contributed by atoms with E-state index in [-0.39, 0.29) is 23.2 Å². The number of piperidine rings is 1. The lowest BCUT2D eigenvalue weighted by Gasteiger charge is -2.30. The van der Waals surface area contributed by atoms with E-state index in [1.807, 2.05) is 11.1 Å². The smallest absolute Gasteiger partial charge is 0.433 e. The van der Waals surface area contributed by atoms with Crippen LogP contribution in [0.3, 0.4) is 0 Å². The van der Waals surface area contributed by atoms with Crippen molar-refractivity contribution in [1.29, 1.82) is 0 Å². The quantitative estimate of drug-likeness (QED) is 0.600. The van der Waals surface area contributed by atoms with Gasteiger partial charge in [-0.2, -0.15) is 13.2 Å². The van der Waals surface area contributed by atoms with E-state index < -0.39 is 17.8 Å². The fourth-order valence-electron chi connectivity index (χ4n) is 4.00. The molecule has 4 heterocycles. The summed E-state index contributed by atoms with van der Waals surface area (Å²) in [7, 11) is 0. The summed E-state index contributed by atoms with van der Waals surface area (Å²) in [5.41, 5.74) is 0.266. The van der Waals surface area contributed by atoms with Gasteiger partial charge in [0, 0.05) is 44.4 Å². The van der Waals surface area contributed by atoms with E-state index in [1.165, 1.54) is 6.07 Å². The molecule has 1 aliphatic heterocycles. The Kier molecular flexibility index (Phi) is 6.45. The molecule has 3 aromatic heterocycles. The number of carbonyl (C=O) groups excluding carboxylic acids is 2. The summed E-state index contributed by atoms with van der Waals surface area (Å²) in [5, 5.41) is 2.60. The molecule has 0 saturated carbocycles. The van der Waals surface area contributed by atoms with Gasteiger partial charge in [0.2, 0.25) is 5.91 Å². The van der Waals surface area contributed by atoms with Crippen molar-refractivity contribution in [3.8, 4) is 5.75 Å². The third-order valence-electron chi connectivity index (χ3n) is 5.75. The van der Waals surface area contributed by atoms with Crippen molar-refractivity contribution in [3.63, 3.8) is 0 Å². The van der Waals surface area contributed by atoms with E-state index in [1.54, 1.807) is 30.5 Å². The number of halogens is 3. The SMILES string of the molecule is CCOc1cc2nc(C3CCN(C(C)=O)CC3)cn2cc1NC(=O)c1cccc(C(F)(F)F)n1. The topological polar surface area (TPSA) is 88.8 Å². The first-order chi connectivity index (χ1) is 16.2. The number of anilines is 1. The number of nitrogens with zero attached hydrogens (tertiary/aromatic N) is 4. The summed E-state index contributed by atoms with van der Waals surface area (Å²) in [5.74, 6) is -0.189. The largest absolute Gasteiger partial charge is 0.491 e. The molecule has 0 unspecified atom stereocenters. The fourth-order valence-corrected chi connectivity index (χ4v) is 4.00. The second-order valence-corrected chi connectivity index (χ2v) is 8.06. The average Bonchev–Trinajstić information content (AvgIpc) is 3.22. The van der Waals surface area contributed by atoms with Crippen LogP contribution < -0.4 is 10.1 Å². The van der Waals surface area contributed by atoms with Crippen molar-refractivity contribution >= 4 is 23.1 Å². The highest BCUT2D eigenvalue weighted by Crippen LogP contribution is 2.32. The predicted molar refractivity (Wildman–Crippen MR) is 118 cm³/mol. The Hall–Kier alpha value is -3.63. The van der Waals surface area contributed by atoms with E-state index in [0.717, 1.165) is 30.7 Å². The fraction of sp³-hybridized carbons (Fsp3) is 0.391. The molecular formula is C23H24F3N5O3. The van der Waals surface area contributed by atoms with Crippen LogP contribution in [0.15, 0.2) is 36.7 Å². The summed E-state index contributed by atoms with van der Waals surface area (Å²) in [6.07, 6.45) is 0.420. The maximum absolute atomic E-state index is 13.0. The summed E-state index contributed by atoms with van der Waals surface area (Å²) in [6.45, 7) is 5.00. The lowest BCUT2D eigenvalue weighted by molar-refractivity contribution is -0.141. The first-order valence-corrected chi connectivity index (χ1v) is 10.9. The van der Waals surface area contributed by atoms with Crippen LogP contribution >= 0.6 is 0 Å². The maximum atomic E-state index is 13.0. The molecule has 2 amide bonds. The average molecular weight is 475 g/mol. The van der Waals surface area contributed by atoms with Crippen LogP contribution in [0.1, 0.15) is 54.5 Å². The van der Waals surface area contributed by atoms with Crippen LogP contribution in [-0.2, 0) is 11.0 Å². The number of imidazole rings is 1. The number of fused-ring (bicyclic) bond motifs is 1. The number of alkyl halides is 3. The molecule has 0 aromatic carbocycles. The Morgan fingerprint density at radius 2 is 1.91 bits per heavy atom. The minimum absolute atomic E-state index is 0.0606. The van der Waals surface area contributed by atoms with Gasteiger partial charge in [0.15, 0.2) is 0 Å². The number of nitrogens with one attached hydrogen (secondary N) is 1. The molecule has 0 spiro atoms. The zero-order chi connectivity index (χ0) is 24.5. The van der Waals surface area contributed by atoms with Crippen LogP contribution in [0, 0.1) is 0 Å². The van der Waals surface area contributed by atoms with Crippen LogP contribution in [0.25, 0.3) is 5.65 Å². The van der Waals surface area contributed by atoms with Gasteiger partial charge in [0.05, 0.1) is 12.3 Å². The van der Waals surface area contributed by atoms with Crippen LogP contribution in [0.5, 0.6) is 5.75 Å². The second-order valence-electron chi connectivity index (χ2n) is 8.06. The van der Waals surface area contributed by atoms with Gasteiger partial charge in [-0.1, -0.05) is 6.07 Å². The maximum Gasteiger partial charge on any atom is 0.433 e. The molecule has 1 N–H and O–H groups in total. The minimum Gasteiger partial charge on any atom is -0.491 e. The number of aromatic nitrogens is 3. The minimum atomic E-state index is -4.65. The summed E-state index contributed by atoms with van der Waals surface area (Å²) in [6, 6.07) is 4.83. The molecule has 1 saturated heterocycles. The third kappa shape index (κ3) is 4.97. The third-order valence-corrected chi connectivity index (χ3v) is 5.75. The Morgan fingerprint density at radius 1 is 1.18 bits per heavy atom. The number of likely N-dealkylation sites (tertiary alicyclic amines) is 1. The molecular weight excluding hydrogens is 451 g/mol. The standard InChI is InChI=1S/C23H24F3N5O3/c1-3-34-19-11-21-28-17(15-7-9-30(10-8-15)14(2)32)12-31(21)13-18(19)29-22(33)16-5-4-6-20(27-16)23(24,25)26/h4-6,11-13,15H,3,7-10H2,1-2H3,(H,29,33).